The molecule has 7 nitrogen and oxygen atoms in total. The van der Waals surface area contributed by atoms with Gasteiger partial charge in [0.15, 0.2) is 11.0 Å². The predicted molar refractivity (Wildman–Crippen MR) is 96.6 cm³/mol. The highest BCUT2D eigenvalue weighted by Gasteiger charge is 2.31. The summed E-state index contributed by atoms with van der Waals surface area (Å²) in [7, 11) is -0.713. The average Bonchev–Trinajstić information content (AvgIpc) is 2.65. The number of carbonyl (C=O) groups is 1. The van der Waals surface area contributed by atoms with Crippen molar-refractivity contribution in [2.75, 3.05) is 18.4 Å². The van der Waals surface area contributed by atoms with E-state index in [1.165, 1.54) is 31.6 Å². The normalized spacial score (nSPS) is 12.2. The molecule has 11 heteroatoms. The van der Waals surface area contributed by atoms with E-state index >= 15 is 0 Å². The molecule has 2 N–H and O–H groups in total. The van der Waals surface area contributed by atoms with Gasteiger partial charge in [0.1, 0.15) is 16.4 Å². The first-order valence-electron chi connectivity index (χ1n) is 8.09. The molecular weight excluding hydrogens is 399 g/mol. The number of nitrogens with one attached hydrogen (secondary N) is 2. The van der Waals surface area contributed by atoms with Crippen LogP contribution in [0.1, 0.15) is 23.7 Å². The van der Waals surface area contributed by atoms with Crippen LogP contribution >= 0.6 is 0 Å². The largest absolute Gasteiger partial charge is 0.573 e. The number of alkyl halides is 3. The second-order valence-electron chi connectivity index (χ2n) is 5.45. The number of benzene rings is 1. The number of carbonyl (C=O) groups excluding carboxylic acids is 1. The van der Waals surface area contributed by atoms with Crippen LogP contribution in [0.15, 0.2) is 41.6 Å². The van der Waals surface area contributed by atoms with Gasteiger partial charge in [0, 0.05) is 18.8 Å². The third kappa shape index (κ3) is 6.12. The summed E-state index contributed by atoms with van der Waals surface area (Å²) in [5, 5.41) is 2.68. The molecule has 0 saturated carbocycles. The number of amides is 1. The van der Waals surface area contributed by atoms with E-state index < -0.39 is 23.1 Å². The molecule has 152 valence electrons. The van der Waals surface area contributed by atoms with Crippen molar-refractivity contribution < 1.29 is 31.6 Å². The maximum Gasteiger partial charge on any atom is 0.573 e. The molecule has 0 bridgehead atoms. The minimum Gasteiger partial charge on any atom is -0.495 e. The van der Waals surface area contributed by atoms with E-state index in [1.807, 2.05) is 6.92 Å². The van der Waals surface area contributed by atoms with Crippen LogP contribution in [0.3, 0.4) is 0 Å². The van der Waals surface area contributed by atoms with Crippen LogP contribution in [-0.4, -0.2) is 35.1 Å². The van der Waals surface area contributed by atoms with Crippen molar-refractivity contribution in [1.82, 2.24) is 10.3 Å². The summed E-state index contributed by atoms with van der Waals surface area (Å²) >= 11 is 0. The molecule has 1 aromatic carbocycles. The smallest absolute Gasteiger partial charge is 0.495 e. The Labute approximate surface area is 161 Å². The van der Waals surface area contributed by atoms with Gasteiger partial charge in [0.2, 0.25) is 0 Å². The van der Waals surface area contributed by atoms with Crippen molar-refractivity contribution in [3.8, 4) is 11.5 Å². The zero-order chi connectivity index (χ0) is 20.7. The Kier molecular flexibility index (Phi) is 7.21. The van der Waals surface area contributed by atoms with Crippen LogP contribution in [0, 0.1) is 0 Å². The maximum atomic E-state index is 12.6. The molecule has 2 rings (SSSR count). The van der Waals surface area contributed by atoms with E-state index in [2.05, 4.69) is 19.8 Å². The summed E-state index contributed by atoms with van der Waals surface area (Å²) in [4.78, 5) is 15.8. The van der Waals surface area contributed by atoms with Gasteiger partial charge in [-0.2, -0.15) is 0 Å². The fraction of sp³-hybridized carbons (Fsp3) is 0.294. The van der Waals surface area contributed by atoms with E-state index in [0.29, 0.717) is 6.54 Å². The number of anilines is 1. The quantitative estimate of drug-likeness (QED) is 0.688. The second kappa shape index (κ2) is 9.40. The van der Waals surface area contributed by atoms with Gasteiger partial charge >= 0.3 is 6.36 Å². The molecule has 0 radical (unpaired) electrons. The Hall–Kier alpha value is -2.82. The van der Waals surface area contributed by atoms with Gasteiger partial charge in [0.05, 0.1) is 24.6 Å². The van der Waals surface area contributed by atoms with Gasteiger partial charge in [-0.3, -0.25) is 14.5 Å². The van der Waals surface area contributed by atoms with Crippen LogP contribution in [0.5, 0.6) is 11.5 Å². The molecule has 0 aliphatic carbocycles. The van der Waals surface area contributed by atoms with Crippen molar-refractivity contribution in [3.05, 3.63) is 42.2 Å². The molecule has 1 amide bonds. The number of pyridine rings is 1. The van der Waals surface area contributed by atoms with E-state index in [9.17, 15) is 22.2 Å². The Morgan fingerprint density at radius 2 is 2.00 bits per heavy atom. The number of aromatic nitrogens is 1. The van der Waals surface area contributed by atoms with Gasteiger partial charge in [-0.05, 0) is 24.6 Å². The molecule has 1 atom stereocenters. The third-order valence-electron chi connectivity index (χ3n) is 3.31. The van der Waals surface area contributed by atoms with Crippen molar-refractivity contribution >= 4 is 22.6 Å². The Bertz CT molecular complexity index is 862. The number of hydrogen-bond donors (Lipinski definition) is 2. The minimum atomic E-state index is -4.88. The Morgan fingerprint density at radius 3 is 2.64 bits per heavy atom. The van der Waals surface area contributed by atoms with Gasteiger partial charge in [-0.1, -0.05) is 6.92 Å². The Balaban J connectivity index is 2.22. The maximum absolute atomic E-state index is 12.6. The van der Waals surface area contributed by atoms with Crippen LogP contribution < -0.4 is 19.5 Å². The van der Waals surface area contributed by atoms with Crippen LogP contribution in [0.4, 0.5) is 18.9 Å². The van der Waals surface area contributed by atoms with Gasteiger partial charge < -0.3 is 14.8 Å². The summed E-state index contributed by atoms with van der Waals surface area (Å²) in [6.07, 6.45) is -1.45. The molecule has 28 heavy (non-hydrogen) atoms. The molecule has 2 aromatic rings. The van der Waals surface area contributed by atoms with E-state index in [0.717, 1.165) is 18.6 Å². The van der Waals surface area contributed by atoms with Crippen LogP contribution in [0.25, 0.3) is 0 Å². The lowest BCUT2D eigenvalue weighted by Crippen LogP contribution is -2.24. The van der Waals surface area contributed by atoms with Crippen molar-refractivity contribution in [3.63, 3.8) is 0 Å². The third-order valence-corrected chi connectivity index (χ3v) is 4.45. The summed E-state index contributed by atoms with van der Waals surface area (Å²) in [5.74, 6) is -0.781. The molecule has 0 aliphatic rings. The van der Waals surface area contributed by atoms with Crippen molar-refractivity contribution in [2.24, 2.45) is 0 Å². The first-order valence-corrected chi connectivity index (χ1v) is 9.24. The van der Waals surface area contributed by atoms with E-state index in [-0.39, 0.29) is 27.8 Å². The number of hydrogen-bond acceptors (Lipinski definition) is 5. The first kappa shape index (κ1) is 21.5. The molecule has 0 aliphatic heterocycles. The van der Waals surface area contributed by atoms with Crippen molar-refractivity contribution in [2.45, 2.75) is 24.6 Å². The topological polar surface area (TPSA) is 89.6 Å². The predicted octanol–water partition coefficient (Wildman–Crippen LogP) is 3.26. The lowest BCUT2D eigenvalue weighted by atomic mass is 10.2. The van der Waals surface area contributed by atoms with E-state index in [4.69, 9.17) is 4.74 Å². The lowest BCUT2D eigenvalue weighted by molar-refractivity contribution is -0.274. The fourth-order valence-electron chi connectivity index (χ4n) is 2.12. The average molecular weight is 417 g/mol. The molecule has 0 spiro atoms. The Morgan fingerprint density at radius 1 is 1.25 bits per heavy atom. The fourth-order valence-corrected chi connectivity index (χ4v) is 3.11. The summed E-state index contributed by atoms with van der Waals surface area (Å²) in [6.45, 7) is 2.40. The number of rotatable bonds is 8. The molecule has 0 saturated heterocycles. The molecule has 1 heterocycles. The molecule has 1 aromatic heterocycles. The van der Waals surface area contributed by atoms with Crippen molar-refractivity contribution in [1.29, 1.82) is 0 Å². The standard InChI is InChI=1S/C17H18F3N3O4S/c1-3-6-22-16(24)11-7-12(10-21-9-11)23-28(25)15-8-13(27-17(18,19)20)4-5-14(15)26-2/h4-5,7-10,23H,3,6H2,1-2H3,(H,22,24). The molecule has 0 fully saturated rings. The number of methoxy groups -OCH3 is 1. The molecular formula is C17H18F3N3O4S. The van der Waals surface area contributed by atoms with Crippen LogP contribution in [0.2, 0.25) is 0 Å². The van der Waals surface area contributed by atoms with Gasteiger partial charge in [-0.15, -0.1) is 13.2 Å². The highest BCUT2D eigenvalue weighted by Crippen LogP contribution is 2.30. The van der Waals surface area contributed by atoms with Crippen LogP contribution in [-0.2, 0) is 11.0 Å². The highest BCUT2D eigenvalue weighted by molar-refractivity contribution is 7.86. The monoisotopic (exact) mass is 417 g/mol. The highest BCUT2D eigenvalue weighted by atomic mass is 32.2. The van der Waals surface area contributed by atoms with Gasteiger partial charge in [0.25, 0.3) is 5.91 Å². The SMILES string of the molecule is CCCNC(=O)c1cncc(NS(=O)c2cc(OC(F)(F)F)ccc2OC)c1. The minimum absolute atomic E-state index is 0.0647. The van der Waals surface area contributed by atoms with Gasteiger partial charge in [-0.25, -0.2) is 4.21 Å². The number of halogens is 3. The lowest BCUT2D eigenvalue weighted by Gasteiger charge is -2.14. The number of ether oxygens (including phenoxy) is 2. The van der Waals surface area contributed by atoms with E-state index in [1.54, 1.807) is 0 Å². The zero-order valence-electron chi connectivity index (χ0n) is 15.0. The molecule has 1 unspecified atom stereocenters. The first-order chi connectivity index (χ1) is 13.2. The summed E-state index contributed by atoms with van der Waals surface area (Å²) in [6, 6.07) is 4.65. The summed E-state index contributed by atoms with van der Waals surface area (Å²) < 4.78 is 61.4. The second-order valence-corrected chi connectivity index (χ2v) is 6.63. The summed E-state index contributed by atoms with van der Waals surface area (Å²) in [5.41, 5.74) is 0.489. The number of nitrogens with zero attached hydrogens (tertiary/aromatic N) is 1. The zero-order valence-corrected chi connectivity index (χ0v) is 15.8.